The molecule has 1 aromatic carbocycles. The maximum atomic E-state index is 11.9. The van der Waals surface area contributed by atoms with Crippen LogP contribution in [0, 0.1) is 0 Å². The van der Waals surface area contributed by atoms with Gasteiger partial charge in [-0.1, -0.05) is 18.2 Å². The number of carbonyl (C=O) groups excluding carboxylic acids is 3. The van der Waals surface area contributed by atoms with Crippen LogP contribution in [0.25, 0.3) is 0 Å². The highest BCUT2D eigenvalue weighted by atomic mass is 16.2. The van der Waals surface area contributed by atoms with E-state index in [9.17, 15) is 14.4 Å². The van der Waals surface area contributed by atoms with Crippen molar-refractivity contribution in [1.29, 1.82) is 0 Å². The van der Waals surface area contributed by atoms with Crippen LogP contribution in [0.3, 0.4) is 0 Å². The van der Waals surface area contributed by atoms with Crippen molar-refractivity contribution in [3.05, 3.63) is 34.9 Å². The number of rotatable bonds is 5. The second-order valence-corrected chi connectivity index (χ2v) is 5.24. The molecule has 0 bridgehead atoms. The fourth-order valence-electron chi connectivity index (χ4n) is 2.52. The number of nitrogens with two attached hydrogens (primary N) is 1. The molecule has 1 aromatic rings. The molecule has 0 aliphatic carbocycles. The number of aldehydes is 1. The van der Waals surface area contributed by atoms with Crippen LogP contribution in [-0.2, 0) is 22.7 Å². The molecule has 1 atom stereocenters. The molecule has 0 aromatic heterocycles. The number of nitrogens with zero attached hydrogens (tertiary/aromatic N) is 1. The minimum absolute atomic E-state index is 0.233. The first-order chi connectivity index (χ1) is 10.0. The van der Waals surface area contributed by atoms with Gasteiger partial charge in [-0.2, -0.15) is 0 Å². The highest BCUT2D eigenvalue weighted by Gasteiger charge is 2.29. The summed E-state index contributed by atoms with van der Waals surface area (Å²) in [5.74, 6) is -0.514. The van der Waals surface area contributed by atoms with Gasteiger partial charge in [0.15, 0.2) is 0 Å². The number of imide groups is 1. The van der Waals surface area contributed by atoms with Gasteiger partial charge in [-0.3, -0.25) is 24.6 Å². The van der Waals surface area contributed by atoms with Crippen LogP contribution in [0.1, 0.15) is 34.3 Å². The Balaban J connectivity index is 2.15. The van der Waals surface area contributed by atoms with Crippen molar-refractivity contribution in [2.75, 3.05) is 7.05 Å². The predicted octanol–water partition coefficient (Wildman–Crippen LogP) is 0.195. The largest absolute Gasteiger partial charge is 0.326 e. The molecule has 1 unspecified atom stereocenters. The monoisotopic (exact) mass is 289 g/mol. The Morgan fingerprint density at radius 2 is 2.19 bits per heavy atom. The maximum absolute atomic E-state index is 11.9. The third kappa shape index (κ3) is 3.53. The van der Waals surface area contributed by atoms with E-state index in [1.165, 1.54) is 0 Å². The van der Waals surface area contributed by atoms with Crippen LogP contribution in [0.5, 0.6) is 0 Å². The molecule has 1 heterocycles. The smallest absolute Gasteiger partial charge is 0.243 e. The van der Waals surface area contributed by atoms with Crippen LogP contribution in [0.15, 0.2) is 18.2 Å². The number of hydrogen-bond donors (Lipinski definition) is 2. The van der Waals surface area contributed by atoms with Gasteiger partial charge in [0.1, 0.15) is 6.29 Å². The minimum atomic E-state index is -0.358. The molecule has 0 saturated carbocycles. The summed E-state index contributed by atoms with van der Waals surface area (Å²) in [6, 6.07) is 5.08. The second-order valence-electron chi connectivity index (χ2n) is 5.24. The Hall–Kier alpha value is -2.05. The molecule has 1 fully saturated rings. The van der Waals surface area contributed by atoms with E-state index in [0.717, 1.165) is 17.4 Å². The van der Waals surface area contributed by atoms with Gasteiger partial charge in [0.25, 0.3) is 0 Å². The van der Waals surface area contributed by atoms with Crippen molar-refractivity contribution in [2.24, 2.45) is 5.73 Å². The van der Waals surface area contributed by atoms with Gasteiger partial charge < -0.3 is 5.73 Å². The Morgan fingerprint density at radius 1 is 1.43 bits per heavy atom. The van der Waals surface area contributed by atoms with Crippen molar-refractivity contribution in [3.8, 4) is 0 Å². The van der Waals surface area contributed by atoms with Crippen molar-refractivity contribution in [3.63, 3.8) is 0 Å². The molecular formula is C15H19N3O3. The minimum Gasteiger partial charge on any atom is -0.326 e. The fourth-order valence-corrected chi connectivity index (χ4v) is 2.52. The number of hydrogen-bond acceptors (Lipinski definition) is 5. The Labute approximate surface area is 123 Å². The lowest BCUT2D eigenvalue weighted by Gasteiger charge is -2.30. The molecule has 0 radical (unpaired) electrons. The normalized spacial score (nSPS) is 18.7. The zero-order valence-corrected chi connectivity index (χ0v) is 12.0. The Morgan fingerprint density at radius 3 is 2.81 bits per heavy atom. The lowest BCUT2D eigenvalue weighted by atomic mass is 10.0. The molecule has 2 amide bonds. The number of piperidine rings is 1. The van der Waals surface area contributed by atoms with Gasteiger partial charge in [0, 0.05) is 25.1 Å². The van der Waals surface area contributed by atoms with Crippen LogP contribution in [-0.4, -0.2) is 36.1 Å². The van der Waals surface area contributed by atoms with Crippen LogP contribution < -0.4 is 11.1 Å². The molecule has 0 spiro atoms. The van der Waals surface area contributed by atoms with E-state index in [-0.39, 0.29) is 17.9 Å². The lowest BCUT2D eigenvalue weighted by molar-refractivity contribution is -0.137. The third-order valence-corrected chi connectivity index (χ3v) is 3.73. The molecule has 112 valence electrons. The summed E-state index contributed by atoms with van der Waals surface area (Å²) in [5, 5.41) is 2.34. The third-order valence-electron chi connectivity index (χ3n) is 3.73. The summed E-state index contributed by atoms with van der Waals surface area (Å²) >= 11 is 0. The van der Waals surface area contributed by atoms with Gasteiger partial charge in [-0.05, 0) is 24.6 Å². The second kappa shape index (κ2) is 6.60. The van der Waals surface area contributed by atoms with Crippen LogP contribution in [0.2, 0.25) is 0 Å². The zero-order chi connectivity index (χ0) is 15.4. The average Bonchev–Trinajstić information content (AvgIpc) is 2.46. The molecule has 1 aliphatic heterocycles. The van der Waals surface area contributed by atoms with Gasteiger partial charge in [0.05, 0.1) is 6.04 Å². The van der Waals surface area contributed by atoms with E-state index in [4.69, 9.17) is 5.73 Å². The molecule has 6 heteroatoms. The first kappa shape index (κ1) is 15.3. The van der Waals surface area contributed by atoms with E-state index < -0.39 is 0 Å². The summed E-state index contributed by atoms with van der Waals surface area (Å²) in [4.78, 5) is 36.0. The molecule has 2 rings (SSSR count). The van der Waals surface area contributed by atoms with Crippen molar-refractivity contribution >= 4 is 18.1 Å². The molecule has 1 aliphatic rings. The van der Waals surface area contributed by atoms with Gasteiger partial charge in [0.2, 0.25) is 11.8 Å². The molecule has 21 heavy (non-hydrogen) atoms. The summed E-state index contributed by atoms with van der Waals surface area (Å²) in [6.45, 7) is 0.850. The number of nitrogens with one attached hydrogen (secondary N) is 1. The zero-order valence-electron chi connectivity index (χ0n) is 12.0. The summed E-state index contributed by atoms with van der Waals surface area (Å²) < 4.78 is 0. The SMILES string of the molecule is CN(Cc1cc(CN)ccc1C=O)C1CCC(=O)NC1=O. The molecule has 3 N–H and O–H groups in total. The van der Waals surface area contributed by atoms with Crippen LogP contribution >= 0.6 is 0 Å². The first-order valence-corrected chi connectivity index (χ1v) is 6.86. The summed E-state index contributed by atoms with van der Waals surface area (Å²) in [6.07, 6.45) is 1.63. The Bertz CT molecular complexity index is 571. The quantitative estimate of drug-likeness (QED) is 0.596. The van der Waals surface area contributed by atoms with Gasteiger partial charge >= 0.3 is 0 Å². The summed E-state index contributed by atoms with van der Waals surface area (Å²) in [7, 11) is 1.81. The lowest BCUT2D eigenvalue weighted by Crippen LogP contribution is -2.51. The highest BCUT2D eigenvalue weighted by molar-refractivity contribution is 6.00. The Kier molecular flexibility index (Phi) is 4.82. The molecule has 1 saturated heterocycles. The standard InChI is InChI=1S/C15H19N3O3/c1-18(13-4-5-14(20)17-15(13)21)8-12-6-10(7-16)2-3-11(12)9-19/h2-3,6,9,13H,4-5,7-8,16H2,1H3,(H,17,20,21). The van der Waals surface area contributed by atoms with Crippen LogP contribution in [0.4, 0.5) is 0 Å². The van der Waals surface area contributed by atoms with Crippen molar-refractivity contribution in [1.82, 2.24) is 10.2 Å². The van der Waals surface area contributed by atoms with Crippen molar-refractivity contribution < 1.29 is 14.4 Å². The van der Waals surface area contributed by atoms with E-state index in [1.807, 2.05) is 24.1 Å². The van der Waals surface area contributed by atoms with E-state index in [1.54, 1.807) is 6.07 Å². The maximum Gasteiger partial charge on any atom is 0.243 e. The summed E-state index contributed by atoms with van der Waals surface area (Å²) in [5.41, 5.74) is 7.98. The topological polar surface area (TPSA) is 92.5 Å². The molecule has 6 nitrogen and oxygen atoms in total. The first-order valence-electron chi connectivity index (χ1n) is 6.86. The van der Waals surface area contributed by atoms with Crippen molar-refractivity contribution in [2.45, 2.75) is 32.0 Å². The number of carbonyl (C=O) groups is 3. The predicted molar refractivity (Wildman–Crippen MR) is 77.4 cm³/mol. The number of benzene rings is 1. The highest BCUT2D eigenvalue weighted by Crippen LogP contribution is 2.17. The molecular weight excluding hydrogens is 270 g/mol. The number of likely N-dealkylation sites (N-methyl/N-ethyl adjacent to an activating group) is 1. The average molecular weight is 289 g/mol. The fraction of sp³-hybridized carbons (Fsp3) is 0.400. The van der Waals surface area contributed by atoms with E-state index >= 15 is 0 Å². The van der Waals surface area contributed by atoms with E-state index in [2.05, 4.69) is 5.32 Å². The number of amides is 2. The van der Waals surface area contributed by atoms with E-state index in [0.29, 0.717) is 31.5 Å². The van der Waals surface area contributed by atoms with Gasteiger partial charge in [-0.15, -0.1) is 0 Å². The van der Waals surface area contributed by atoms with Gasteiger partial charge in [-0.25, -0.2) is 0 Å².